The number of Topliss-reactive ketones (excluding diaryl/α,β-unsaturated/α-hetero) is 1. The number of nitrogens with one attached hydrogen (secondary N) is 1. The van der Waals surface area contributed by atoms with Crippen LogP contribution in [0.2, 0.25) is 18.1 Å². The lowest BCUT2D eigenvalue weighted by Gasteiger charge is -2.40. The largest absolute Gasteiger partial charge is 0.497 e. The van der Waals surface area contributed by atoms with Gasteiger partial charge in [0.1, 0.15) is 41.4 Å². The molecule has 2 aromatic heterocycles. The summed E-state index contributed by atoms with van der Waals surface area (Å²) in [5.74, 6) is 0.555. The molecule has 1 amide bonds. The lowest BCUT2D eigenvalue weighted by Crippen LogP contribution is -2.50. The highest BCUT2D eigenvalue weighted by molar-refractivity contribution is 6.74. The molecular formula is C44H53N5O9Si. The van der Waals surface area contributed by atoms with Crippen molar-refractivity contribution in [2.24, 2.45) is 0 Å². The van der Waals surface area contributed by atoms with Crippen LogP contribution < -0.4 is 14.8 Å². The zero-order chi connectivity index (χ0) is 42.5. The summed E-state index contributed by atoms with van der Waals surface area (Å²) < 4.78 is 40.6. The molecule has 6 rings (SSSR count). The van der Waals surface area contributed by atoms with Crippen molar-refractivity contribution in [3.63, 3.8) is 0 Å². The van der Waals surface area contributed by atoms with Crippen LogP contribution in [-0.4, -0.2) is 84.6 Å². The minimum atomic E-state index is -2.63. The van der Waals surface area contributed by atoms with Gasteiger partial charge in [0, 0.05) is 13.3 Å². The summed E-state index contributed by atoms with van der Waals surface area (Å²) in [6, 6.07) is 25.2. The molecule has 15 heteroatoms. The molecule has 0 spiro atoms. The quantitative estimate of drug-likeness (QED) is 0.0598. The first-order valence-electron chi connectivity index (χ1n) is 19.5. The van der Waals surface area contributed by atoms with Crippen molar-refractivity contribution in [2.75, 3.05) is 26.1 Å². The van der Waals surface area contributed by atoms with Crippen molar-refractivity contribution in [2.45, 2.75) is 95.7 Å². The Labute approximate surface area is 345 Å². The molecule has 59 heavy (non-hydrogen) atoms. The second kappa shape index (κ2) is 17.8. The normalized spacial score (nSPS) is 18.4. The van der Waals surface area contributed by atoms with Crippen LogP contribution in [0.3, 0.4) is 0 Å². The van der Waals surface area contributed by atoms with E-state index in [-0.39, 0.29) is 42.0 Å². The number of rotatable bonds is 16. The number of amides is 1. The van der Waals surface area contributed by atoms with Gasteiger partial charge in [-0.3, -0.25) is 14.2 Å². The van der Waals surface area contributed by atoms with Crippen LogP contribution in [-0.2, 0) is 38.6 Å². The van der Waals surface area contributed by atoms with Crippen molar-refractivity contribution in [1.82, 2.24) is 19.5 Å². The molecule has 1 aliphatic rings. The van der Waals surface area contributed by atoms with Gasteiger partial charge < -0.3 is 38.2 Å². The molecule has 1 fully saturated rings. The van der Waals surface area contributed by atoms with Crippen molar-refractivity contribution in [1.29, 1.82) is 0 Å². The van der Waals surface area contributed by atoms with Gasteiger partial charge in [-0.15, -0.1) is 0 Å². The third-order valence-electron chi connectivity index (χ3n) is 11.0. The van der Waals surface area contributed by atoms with Gasteiger partial charge >= 0.3 is 5.97 Å². The van der Waals surface area contributed by atoms with Crippen LogP contribution in [0.5, 0.6) is 11.5 Å². The molecule has 3 aromatic carbocycles. The number of nitrogens with zero attached hydrogens (tertiary/aromatic N) is 4. The van der Waals surface area contributed by atoms with Crippen LogP contribution in [0.25, 0.3) is 11.2 Å². The number of benzene rings is 3. The number of carbonyl (C=O) groups is 3. The van der Waals surface area contributed by atoms with Crippen LogP contribution in [0.1, 0.15) is 70.4 Å². The molecule has 1 saturated heterocycles. The van der Waals surface area contributed by atoms with E-state index < -0.39 is 44.4 Å². The molecule has 0 aliphatic carbocycles. The SMILES string of the molecule is COc1ccc(C(OC[C@H]2O[C@@H](n3cnc4c(NC(C)=O)ncnc43)C(O[Si](C)(C)C(C)(C)C)[C@H]2OC(=O)CCC(C)=O)(c2ccccc2)c2ccc(OC)cc2)cc1. The van der Waals surface area contributed by atoms with Crippen molar-refractivity contribution in [3.05, 3.63) is 108 Å². The minimum Gasteiger partial charge on any atom is -0.497 e. The number of hydrogen-bond acceptors (Lipinski definition) is 12. The molecule has 312 valence electrons. The molecule has 1 N–H and O–H groups in total. The highest BCUT2D eigenvalue weighted by atomic mass is 28.4. The van der Waals surface area contributed by atoms with E-state index in [1.165, 1.54) is 20.2 Å². The molecule has 5 aromatic rings. The third kappa shape index (κ3) is 9.23. The van der Waals surface area contributed by atoms with Crippen LogP contribution in [0, 0.1) is 0 Å². The number of aromatic nitrogens is 4. The number of ether oxygens (including phenoxy) is 5. The fraction of sp³-hybridized carbons (Fsp3) is 0.409. The summed E-state index contributed by atoms with van der Waals surface area (Å²) in [5, 5.41) is 2.47. The average molecular weight is 824 g/mol. The molecule has 14 nitrogen and oxygen atoms in total. The number of methoxy groups -OCH3 is 2. The first kappa shape index (κ1) is 43.1. The number of imidazole rings is 1. The van der Waals surface area contributed by atoms with Gasteiger partial charge in [0.15, 0.2) is 37.6 Å². The van der Waals surface area contributed by atoms with E-state index >= 15 is 0 Å². The second-order valence-electron chi connectivity index (χ2n) is 16.1. The molecule has 4 atom stereocenters. The Hall–Kier alpha value is -5.48. The van der Waals surface area contributed by atoms with Gasteiger partial charge in [0.2, 0.25) is 5.91 Å². The van der Waals surface area contributed by atoms with Crippen molar-refractivity contribution in [3.8, 4) is 11.5 Å². The number of carbonyl (C=O) groups excluding carboxylic acids is 3. The third-order valence-corrected chi connectivity index (χ3v) is 15.5. The Morgan fingerprint density at radius 2 is 1.39 bits per heavy atom. The first-order chi connectivity index (χ1) is 28.1. The van der Waals surface area contributed by atoms with Crippen molar-refractivity contribution < 1.29 is 42.5 Å². The average Bonchev–Trinajstić information content (AvgIpc) is 3.78. The summed E-state index contributed by atoms with van der Waals surface area (Å²) in [5.41, 5.74) is 1.93. The topological polar surface area (TPSA) is 162 Å². The lowest BCUT2D eigenvalue weighted by atomic mass is 9.80. The number of fused-ring (bicyclic) bond motifs is 1. The summed E-state index contributed by atoms with van der Waals surface area (Å²) in [6.07, 6.45) is -0.944. The van der Waals surface area contributed by atoms with Gasteiger partial charge in [0.05, 0.1) is 33.6 Å². The van der Waals surface area contributed by atoms with Gasteiger partial charge in [0.25, 0.3) is 0 Å². The summed E-state index contributed by atoms with van der Waals surface area (Å²) >= 11 is 0. The fourth-order valence-electron chi connectivity index (χ4n) is 6.92. The first-order valence-corrected chi connectivity index (χ1v) is 22.4. The van der Waals surface area contributed by atoms with Gasteiger partial charge in [-0.25, -0.2) is 15.0 Å². The van der Waals surface area contributed by atoms with E-state index in [1.807, 2.05) is 78.9 Å². The number of ketones is 1. The van der Waals surface area contributed by atoms with Crippen LogP contribution >= 0.6 is 0 Å². The summed E-state index contributed by atoms with van der Waals surface area (Å²) in [7, 11) is 0.597. The van der Waals surface area contributed by atoms with Gasteiger partial charge in [-0.05, 0) is 66.0 Å². The maximum atomic E-state index is 13.7. The predicted molar refractivity (Wildman–Crippen MR) is 224 cm³/mol. The second-order valence-corrected chi connectivity index (χ2v) is 20.9. The van der Waals surface area contributed by atoms with E-state index in [4.69, 9.17) is 28.1 Å². The smallest absolute Gasteiger partial charge is 0.306 e. The maximum absolute atomic E-state index is 13.7. The van der Waals surface area contributed by atoms with Gasteiger partial charge in [-0.2, -0.15) is 0 Å². The fourth-order valence-corrected chi connectivity index (χ4v) is 8.20. The Kier molecular flexibility index (Phi) is 13.0. The molecular weight excluding hydrogens is 771 g/mol. The lowest BCUT2D eigenvalue weighted by molar-refractivity contribution is -0.159. The molecule has 0 saturated carbocycles. The van der Waals surface area contributed by atoms with E-state index in [9.17, 15) is 14.4 Å². The van der Waals surface area contributed by atoms with Crippen LogP contribution in [0.15, 0.2) is 91.5 Å². The Bertz CT molecular complexity index is 2190. The number of esters is 1. The molecule has 1 unspecified atom stereocenters. The zero-order valence-corrected chi connectivity index (χ0v) is 36.1. The number of anilines is 1. The maximum Gasteiger partial charge on any atom is 0.306 e. The zero-order valence-electron chi connectivity index (χ0n) is 35.1. The predicted octanol–water partition coefficient (Wildman–Crippen LogP) is 7.38. The van der Waals surface area contributed by atoms with E-state index in [1.54, 1.807) is 25.1 Å². The minimum absolute atomic E-state index is 0.0197. The Morgan fingerprint density at radius 3 is 1.93 bits per heavy atom. The molecule has 1 aliphatic heterocycles. The van der Waals surface area contributed by atoms with E-state index in [2.05, 4.69) is 54.1 Å². The standard InChI is InChI=1S/C44H53N5O9Si/c1-28(50)15-24-36(52)57-38-35(56-42(39(38)58-59(8,9)43(3,4)5)49-27-47-37-40(48-29(2)51)45-26-46-41(37)49)25-55-44(30-13-11-10-12-14-30,31-16-20-33(53-6)21-17-31)32-18-22-34(54-7)23-19-32/h10-14,16-23,26-27,35,38-39,42H,15,24-25H2,1-9H3,(H,45,46,48,51)/t35-,38+,39?,42-/m1/s1. The molecule has 0 bridgehead atoms. The monoisotopic (exact) mass is 823 g/mol. The highest BCUT2D eigenvalue weighted by Crippen LogP contribution is 2.46. The van der Waals surface area contributed by atoms with E-state index in [0.29, 0.717) is 22.7 Å². The highest BCUT2D eigenvalue weighted by Gasteiger charge is 2.54. The van der Waals surface area contributed by atoms with Crippen molar-refractivity contribution >= 4 is 43.0 Å². The van der Waals surface area contributed by atoms with Gasteiger partial charge in [-0.1, -0.05) is 75.4 Å². The Balaban J connectivity index is 1.51. The summed E-state index contributed by atoms with van der Waals surface area (Å²) in [4.78, 5) is 51.1. The molecule has 0 radical (unpaired) electrons. The molecule has 3 heterocycles. The number of hydrogen-bond donors (Lipinski definition) is 1. The Morgan fingerprint density at radius 1 is 0.797 bits per heavy atom. The summed E-state index contributed by atoms with van der Waals surface area (Å²) in [6.45, 7) is 13.3. The van der Waals surface area contributed by atoms with Crippen LogP contribution in [0.4, 0.5) is 5.82 Å². The van der Waals surface area contributed by atoms with E-state index in [0.717, 1.165) is 16.7 Å².